The number of nitrogens with one attached hydrogen (secondary N) is 1. The van der Waals surface area contributed by atoms with Crippen molar-refractivity contribution >= 4 is 0 Å². The van der Waals surface area contributed by atoms with E-state index >= 15 is 0 Å². The maximum Gasteiger partial charge on any atom is 0.0431 e. The number of hydrogen-bond acceptors (Lipinski definition) is 3. The quantitative estimate of drug-likeness (QED) is 0.550. The molecule has 4 heteroatoms. The molecule has 0 spiro atoms. The van der Waals surface area contributed by atoms with Crippen molar-refractivity contribution in [2.24, 2.45) is 0 Å². The van der Waals surface area contributed by atoms with Crippen molar-refractivity contribution in [3.8, 4) is 0 Å². The summed E-state index contributed by atoms with van der Waals surface area (Å²) >= 11 is 0. The van der Waals surface area contributed by atoms with Gasteiger partial charge in [-0.2, -0.15) is 0 Å². The van der Waals surface area contributed by atoms with Crippen LogP contribution in [-0.2, 0) is 6.54 Å². The molecule has 0 amide bonds. The van der Waals surface area contributed by atoms with Gasteiger partial charge in [-0.15, -0.1) is 0 Å². The molecule has 3 nitrogen and oxygen atoms in total. The molecule has 0 atom stereocenters. The fourth-order valence-corrected chi connectivity index (χ4v) is 1.27. The number of pyridine rings is 1. The van der Waals surface area contributed by atoms with Crippen molar-refractivity contribution in [1.82, 2.24) is 10.3 Å². The molecule has 1 aromatic rings. The van der Waals surface area contributed by atoms with E-state index in [1.165, 1.54) is 5.56 Å². The Hall–Kier alpha value is -0.640. The molecule has 15 heavy (non-hydrogen) atoms. The summed E-state index contributed by atoms with van der Waals surface area (Å²) in [5.74, 6) is 0. The maximum atomic E-state index is 8.57. The van der Waals surface area contributed by atoms with Gasteiger partial charge in [0, 0.05) is 25.5 Å². The fourth-order valence-electron chi connectivity index (χ4n) is 1.27. The average Bonchev–Trinajstić information content (AvgIpc) is 2.25. The van der Waals surface area contributed by atoms with Gasteiger partial charge in [0.15, 0.2) is 0 Å². The Kier molecular flexibility index (Phi) is 9.48. The van der Waals surface area contributed by atoms with Crippen LogP contribution < -0.4 is 17.7 Å². The second-order valence-electron chi connectivity index (χ2n) is 3.32. The third-order valence-electron chi connectivity index (χ3n) is 2.09. The van der Waals surface area contributed by atoms with E-state index in [2.05, 4.69) is 10.3 Å². The second kappa shape index (κ2) is 9.90. The smallest absolute Gasteiger partial charge is 0.0431 e. The molecule has 0 aliphatic heterocycles. The molecule has 1 aromatic heterocycles. The topological polar surface area (TPSA) is 45.1 Å². The zero-order chi connectivity index (χ0) is 10.1. The van der Waals surface area contributed by atoms with E-state index in [4.69, 9.17) is 5.11 Å². The summed E-state index contributed by atoms with van der Waals surface area (Å²) in [7, 11) is 0. The Morgan fingerprint density at radius 3 is 2.53 bits per heavy atom. The van der Waals surface area contributed by atoms with Crippen molar-refractivity contribution in [2.75, 3.05) is 13.2 Å². The molecular formula is C11H18ClN2O-. The minimum absolute atomic E-state index is 0. The van der Waals surface area contributed by atoms with Gasteiger partial charge in [-0.25, -0.2) is 0 Å². The number of aliphatic hydroxyl groups is 1. The highest BCUT2D eigenvalue weighted by Crippen LogP contribution is 1.96. The first-order valence-electron chi connectivity index (χ1n) is 5.14. The highest BCUT2D eigenvalue weighted by atomic mass is 35.5. The number of aliphatic hydroxyl groups excluding tert-OH is 1. The molecule has 0 saturated carbocycles. The van der Waals surface area contributed by atoms with Crippen LogP contribution in [0, 0.1) is 0 Å². The lowest BCUT2D eigenvalue weighted by Gasteiger charge is -2.03. The van der Waals surface area contributed by atoms with E-state index in [1.54, 1.807) is 0 Å². The van der Waals surface area contributed by atoms with Crippen LogP contribution in [0.1, 0.15) is 24.8 Å². The first-order valence-corrected chi connectivity index (χ1v) is 5.14. The standard InChI is InChI=1S/C11H18N2O.ClH/c14-9-3-1-2-6-13-10-11-4-7-12-8-5-11;/h4-5,7-8,13-14H,1-3,6,9-10H2;1H/p-1. The molecule has 0 aliphatic carbocycles. The first-order chi connectivity index (χ1) is 6.93. The second-order valence-corrected chi connectivity index (χ2v) is 3.32. The summed E-state index contributed by atoms with van der Waals surface area (Å²) in [6.07, 6.45) is 6.76. The minimum atomic E-state index is 0. The molecule has 0 unspecified atom stereocenters. The summed E-state index contributed by atoms with van der Waals surface area (Å²) in [4.78, 5) is 3.96. The highest BCUT2D eigenvalue weighted by Gasteiger charge is 1.91. The number of hydrogen-bond donors (Lipinski definition) is 2. The van der Waals surface area contributed by atoms with E-state index in [1.807, 2.05) is 24.5 Å². The minimum Gasteiger partial charge on any atom is -1.00 e. The fraction of sp³-hybridized carbons (Fsp3) is 0.545. The number of halogens is 1. The average molecular weight is 230 g/mol. The van der Waals surface area contributed by atoms with Gasteiger partial charge >= 0.3 is 0 Å². The number of rotatable bonds is 7. The summed E-state index contributed by atoms with van der Waals surface area (Å²) in [6.45, 7) is 2.23. The van der Waals surface area contributed by atoms with Crippen LogP contribution in [0.3, 0.4) is 0 Å². The van der Waals surface area contributed by atoms with Gasteiger partial charge in [-0.1, -0.05) is 0 Å². The van der Waals surface area contributed by atoms with E-state index < -0.39 is 0 Å². The Bertz CT molecular complexity index is 231. The molecule has 86 valence electrons. The summed E-state index contributed by atoms with van der Waals surface area (Å²) in [6, 6.07) is 4.03. The molecule has 2 N–H and O–H groups in total. The van der Waals surface area contributed by atoms with Crippen LogP contribution >= 0.6 is 0 Å². The molecule has 0 fully saturated rings. The lowest BCUT2D eigenvalue weighted by atomic mass is 10.2. The molecule has 0 bridgehead atoms. The number of unbranched alkanes of at least 4 members (excludes halogenated alkanes) is 2. The van der Waals surface area contributed by atoms with Crippen LogP contribution in [0.4, 0.5) is 0 Å². The lowest BCUT2D eigenvalue weighted by molar-refractivity contribution is -0.00000417. The van der Waals surface area contributed by atoms with Crippen molar-refractivity contribution in [2.45, 2.75) is 25.8 Å². The zero-order valence-corrected chi connectivity index (χ0v) is 9.58. The molecule has 0 saturated heterocycles. The zero-order valence-electron chi connectivity index (χ0n) is 8.82. The normalized spacial score (nSPS) is 9.67. The van der Waals surface area contributed by atoms with Crippen molar-refractivity contribution in [3.63, 3.8) is 0 Å². The monoisotopic (exact) mass is 229 g/mol. The Morgan fingerprint density at radius 1 is 1.13 bits per heavy atom. The van der Waals surface area contributed by atoms with E-state index in [9.17, 15) is 0 Å². The van der Waals surface area contributed by atoms with E-state index in [-0.39, 0.29) is 12.4 Å². The molecule has 1 heterocycles. The summed E-state index contributed by atoms with van der Waals surface area (Å²) < 4.78 is 0. The largest absolute Gasteiger partial charge is 1.00 e. The van der Waals surface area contributed by atoms with Gasteiger partial charge in [-0.05, 0) is 43.5 Å². The van der Waals surface area contributed by atoms with Crippen LogP contribution in [-0.4, -0.2) is 23.2 Å². The van der Waals surface area contributed by atoms with Gasteiger partial charge in [-0.3, -0.25) is 4.98 Å². The summed E-state index contributed by atoms with van der Waals surface area (Å²) in [5, 5.41) is 11.9. The Balaban J connectivity index is 0.00000196. The maximum absolute atomic E-state index is 8.57. The van der Waals surface area contributed by atoms with Crippen molar-refractivity contribution in [3.05, 3.63) is 30.1 Å². The van der Waals surface area contributed by atoms with Crippen LogP contribution in [0.5, 0.6) is 0 Å². The Labute approximate surface area is 97.3 Å². The van der Waals surface area contributed by atoms with Crippen LogP contribution in [0.15, 0.2) is 24.5 Å². The van der Waals surface area contributed by atoms with Crippen molar-refractivity contribution < 1.29 is 17.5 Å². The number of nitrogens with zero attached hydrogens (tertiary/aromatic N) is 1. The third kappa shape index (κ3) is 7.31. The van der Waals surface area contributed by atoms with E-state index in [0.717, 1.165) is 32.4 Å². The lowest BCUT2D eigenvalue weighted by Crippen LogP contribution is -3.00. The summed E-state index contributed by atoms with van der Waals surface area (Å²) in [5.41, 5.74) is 1.27. The first kappa shape index (κ1) is 14.4. The predicted octanol–water partition coefficient (Wildman–Crippen LogP) is -1.66. The van der Waals surface area contributed by atoms with Gasteiger partial charge in [0.1, 0.15) is 0 Å². The van der Waals surface area contributed by atoms with Crippen molar-refractivity contribution in [1.29, 1.82) is 0 Å². The van der Waals surface area contributed by atoms with E-state index in [0.29, 0.717) is 6.61 Å². The predicted molar refractivity (Wildman–Crippen MR) is 56.9 cm³/mol. The molecule has 1 rings (SSSR count). The molecule has 0 aliphatic rings. The van der Waals surface area contributed by atoms with Crippen LogP contribution in [0.2, 0.25) is 0 Å². The third-order valence-corrected chi connectivity index (χ3v) is 2.09. The van der Waals surface area contributed by atoms with Crippen LogP contribution in [0.25, 0.3) is 0 Å². The molecular weight excluding hydrogens is 212 g/mol. The number of aromatic nitrogens is 1. The SMILES string of the molecule is OCCCCCNCc1ccncc1.[Cl-]. The molecule has 0 aromatic carbocycles. The van der Waals surface area contributed by atoms with Gasteiger partial charge in [0.2, 0.25) is 0 Å². The Morgan fingerprint density at radius 2 is 1.87 bits per heavy atom. The van der Waals surface area contributed by atoms with Gasteiger partial charge in [0.05, 0.1) is 0 Å². The highest BCUT2D eigenvalue weighted by molar-refractivity contribution is 5.08. The molecule has 0 radical (unpaired) electrons. The van der Waals surface area contributed by atoms with Gasteiger partial charge in [0.25, 0.3) is 0 Å². The van der Waals surface area contributed by atoms with Gasteiger partial charge < -0.3 is 22.8 Å².